The molecule has 0 saturated carbocycles. The number of carbonyl (C=O) groups is 1. The fourth-order valence-electron chi connectivity index (χ4n) is 1.99. The third-order valence-electron chi connectivity index (χ3n) is 3.06. The van der Waals surface area contributed by atoms with Crippen molar-refractivity contribution in [2.75, 3.05) is 18.9 Å². The Labute approximate surface area is 136 Å². The van der Waals surface area contributed by atoms with Crippen molar-refractivity contribution in [1.29, 1.82) is 0 Å². The van der Waals surface area contributed by atoms with Gasteiger partial charge in [0.2, 0.25) is 0 Å². The number of aromatic nitrogens is 1. The highest BCUT2D eigenvalue weighted by Crippen LogP contribution is 2.24. The van der Waals surface area contributed by atoms with Gasteiger partial charge in [0.25, 0.3) is 0 Å². The van der Waals surface area contributed by atoms with Gasteiger partial charge < -0.3 is 10.0 Å². The molecule has 0 radical (unpaired) electrons. The summed E-state index contributed by atoms with van der Waals surface area (Å²) in [6, 6.07) is 3.30. The Kier molecular flexibility index (Phi) is 5.62. The second kappa shape index (κ2) is 7.47. The van der Waals surface area contributed by atoms with Gasteiger partial charge in [-0.3, -0.25) is 5.32 Å². The van der Waals surface area contributed by atoms with E-state index >= 15 is 0 Å². The zero-order valence-corrected chi connectivity index (χ0v) is 13.5. The average Bonchev–Trinajstić information content (AvgIpc) is 2.89. The van der Waals surface area contributed by atoms with Gasteiger partial charge in [-0.15, -0.1) is 11.3 Å². The Bertz CT molecular complexity index is 671. The molecule has 0 bridgehead atoms. The number of amides is 2. The van der Waals surface area contributed by atoms with Crippen LogP contribution in [-0.4, -0.2) is 40.7 Å². The van der Waals surface area contributed by atoms with Gasteiger partial charge in [0.1, 0.15) is 11.6 Å². The van der Waals surface area contributed by atoms with E-state index in [4.69, 9.17) is 0 Å². The van der Waals surface area contributed by atoms with Gasteiger partial charge in [0.15, 0.2) is 5.13 Å². The lowest BCUT2D eigenvalue weighted by Gasteiger charge is -2.18. The van der Waals surface area contributed by atoms with Crippen molar-refractivity contribution in [3.8, 4) is 0 Å². The van der Waals surface area contributed by atoms with Gasteiger partial charge >= 0.3 is 6.03 Å². The van der Waals surface area contributed by atoms with E-state index < -0.39 is 23.8 Å². The molecule has 1 aromatic carbocycles. The second-order valence-corrected chi connectivity index (χ2v) is 6.28. The molecular weight excluding hydrogens is 324 g/mol. The smallest absolute Gasteiger partial charge is 0.323 e. The summed E-state index contributed by atoms with van der Waals surface area (Å²) < 4.78 is 27.2. The van der Waals surface area contributed by atoms with Crippen LogP contribution in [0, 0.1) is 11.6 Å². The summed E-state index contributed by atoms with van der Waals surface area (Å²) in [6.07, 6.45) is 0.901. The lowest BCUT2D eigenvalue weighted by Crippen LogP contribution is -2.36. The van der Waals surface area contributed by atoms with Crippen LogP contribution in [0.25, 0.3) is 0 Å². The van der Waals surface area contributed by atoms with Crippen molar-refractivity contribution in [1.82, 2.24) is 9.88 Å². The quantitative estimate of drug-likeness (QED) is 0.879. The molecule has 1 heterocycles. The van der Waals surface area contributed by atoms with Crippen molar-refractivity contribution in [2.24, 2.45) is 0 Å². The normalized spacial score (nSPS) is 12.0. The molecule has 1 atom stereocenters. The van der Waals surface area contributed by atoms with Gasteiger partial charge in [-0.25, -0.2) is 18.6 Å². The van der Waals surface area contributed by atoms with Gasteiger partial charge in [0, 0.05) is 36.7 Å². The molecule has 23 heavy (non-hydrogen) atoms. The minimum absolute atomic E-state index is 0.0275. The van der Waals surface area contributed by atoms with Crippen molar-refractivity contribution >= 4 is 22.5 Å². The second-order valence-electron chi connectivity index (χ2n) is 5.17. The van der Waals surface area contributed by atoms with E-state index in [0.29, 0.717) is 10.0 Å². The molecule has 2 rings (SSSR count). The van der Waals surface area contributed by atoms with Crippen LogP contribution in [0.2, 0.25) is 0 Å². The molecule has 0 fully saturated rings. The third-order valence-corrected chi connectivity index (χ3v) is 3.98. The maximum atomic E-state index is 13.6. The first-order valence-corrected chi connectivity index (χ1v) is 7.76. The first-order valence-electron chi connectivity index (χ1n) is 6.94. The number of thiazole rings is 1. The largest absolute Gasteiger partial charge is 0.392 e. The van der Waals surface area contributed by atoms with Gasteiger partial charge in [-0.1, -0.05) is 6.07 Å². The van der Waals surface area contributed by atoms with Crippen LogP contribution in [0.15, 0.2) is 24.4 Å². The lowest BCUT2D eigenvalue weighted by atomic mass is 10.1. The first-order chi connectivity index (χ1) is 10.9. The van der Waals surface area contributed by atoms with Crippen LogP contribution >= 0.6 is 11.3 Å². The third kappa shape index (κ3) is 4.70. The monoisotopic (exact) mass is 341 g/mol. The number of aliphatic hydroxyl groups is 1. The number of rotatable bonds is 5. The van der Waals surface area contributed by atoms with Crippen LogP contribution in [0.4, 0.5) is 18.7 Å². The molecule has 2 amide bonds. The Morgan fingerprint density at radius 1 is 1.43 bits per heavy atom. The van der Waals surface area contributed by atoms with E-state index in [1.54, 1.807) is 14.0 Å². The van der Waals surface area contributed by atoms with Gasteiger partial charge in [0.05, 0.1) is 6.10 Å². The number of urea groups is 1. The molecule has 124 valence electrons. The Morgan fingerprint density at radius 3 is 2.70 bits per heavy atom. The molecule has 8 heteroatoms. The molecule has 1 aromatic heterocycles. The Morgan fingerprint density at radius 2 is 2.09 bits per heavy atom. The maximum absolute atomic E-state index is 13.6. The maximum Gasteiger partial charge on any atom is 0.323 e. The first kappa shape index (κ1) is 17.3. The SMILES string of the molecule is C[C@H](O)CN(C)C(=O)Nc1ncc(Cc2c(F)cccc2F)s1. The summed E-state index contributed by atoms with van der Waals surface area (Å²) in [6.45, 7) is 1.76. The summed E-state index contributed by atoms with van der Waals surface area (Å²) in [7, 11) is 1.55. The Balaban J connectivity index is 2.02. The van der Waals surface area contributed by atoms with Crippen molar-refractivity contribution in [2.45, 2.75) is 19.4 Å². The summed E-state index contributed by atoms with van der Waals surface area (Å²) in [4.78, 5) is 17.8. The highest BCUT2D eigenvalue weighted by molar-refractivity contribution is 7.15. The fraction of sp³-hybridized carbons (Fsp3) is 0.333. The minimum atomic E-state index is -0.637. The molecule has 0 aliphatic carbocycles. The standard InChI is InChI=1S/C15H17F2N3O2S/c1-9(21)8-20(2)15(22)19-14-18-7-10(23-14)6-11-12(16)4-3-5-13(11)17/h3-5,7,9,21H,6,8H2,1-2H3,(H,18,19,22)/t9-/m0/s1. The van der Waals surface area contributed by atoms with Crippen LogP contribution in [-0.2, 0) is 6.42 Å². The molecule has 2 aromatic rings. The summed E-state index contributed by atoms with van der Waals surface area (Å²) in [5, 5.41) is 12.2. The molecule has 2 N–H and O–H groups in total. The Hall–Kier alpha value is -2.06. The van der Waals surface area contributed by atoms with E-state index in [1.165, 1.54) is 29.3 Å². The molecule has 0 unspecified atom stereocenters. The summed E-state index contributed by atoms with van der Waals surface area (Å²) >= 11 is 1.14. The topological polar surface area (TPSA) is 65.5 Å². The number of halogens is 2. The zero-order chi connectivity index (χ0) is 17.0. The van der Waals surface area contributed by atoms with Gasteiger partial charge in [-0.2, -0.15) is 0 Å². The zero-order valence-electron chi connectivity index (χ0n) is 12.7. The minimum Gasteiger partial charge on any atom is -0.392 e. The van der Waals surface area contributed by atoms with E-state index in [2.05, 4.69) is 10.3 Å². The summed E-state index contributed by atoms with van der Waals surface area (Å²) in [5.74, 6) is -1.22. The number of hydrogen-bond donors (Lipinski definition) is 2. The van der Waals surface area contributed by atoms with Crippen LogP contribution in [0.3, 0.4) is 0 Å². The van der Waals surface area contributed by atoms with E-state index in [-0.39, 0.29) is 18.5 Å². The van der Waals surface area contributed by atoms with Gasteiger partial charge in [-0.05, 0) is 19.1 Å². The van der Waals surface area contributed by atoms with Crippen LogP contribution < -0.4 is 5.32 Å². The highest BCUT2D eigenvalue weighted by Gasteiger charge is 2.15. The van der Waals surface area contributed by atoms with E-state index in [1.807, 2.05) is 0 Å². The fourth-order valence-corrected chi connectivity index (χ4v) is 2.80. The molecule has 0 saturated heterocycles. The molecule has 5 nitrogen and oxygen atoms in total. The summed E-state index contributed by atoms with van der Waals surface area (Å²) in [5.41, 5.74) is -0.0275. The lowest BCUT2D eigenvalue weighted by molar-refractivity contribution is 0.149. The number of anilines is 1. The molecule has 0 aliphatic rings. The predicted molar refractivity (Wildman–Crippen MR) is 84.6 cm³/mol. The number of likely N-dealkylation sites (N-methyl/N-ethyl adjacent to an activating group) is 1. The molecular formula is C15H17F2N3O2S. The van der Waals surface area contributed by atoms with E-state index in [9.17, 15) is 18.7 Å². The van der Waals surface area contributed by atoms with Crippen molar-refractivity contribution in [3.05, 3.63) is 46.5 Å². The highest BCUT2D eigenvalue weighted by atomic mass is 32.1. The van der Waals surface area contributed by atoms with Crippen LogP contribution in [0.1, 0.15) is 17.4 Å². The number of benzene rings is 1. The number of hydrogen-bond acceptors (Lipinski definition) is 4. The molecule has 0 aliphatic heterocycles. The number of nitrogens with one attached hydrogen (secondary N) is 1. The molecule has 0 spiro atoms. The van der Waals surface area contributed by atoms with Crippen LogP contribution in [0.5, 0.6) is 0 Å². The van der Waals surface area contributed by atoms with E-state index in [0.717, 1.165) is 11.3 Å². The van der Waals surface area contributed by atoms with Crippen molar-refractivity contribution in [3.63, 3.8) is 0 Å². The number of carbonyl (C=O) groups excluding carboxylic acids is 1. The predicted octanol–water partition coefficient (Wildman–Crippen LogP) is 2.86. The van der Waals surface area contributed by atoms with Crippen molar-refractivity contribution < 1.29 is 18.7 Å². The average molecular weight is 341 g/mol. The number of nitrogens with zero attached hydrogens (tertiary/aromatic N) is 2. The number of aliphatic hydroxyl groups excluding tert-OH is 1.